The number of amides is 1. The van der Waals surface area contributed by atoms with Crippen molar-refractivity contribution in [1.29, 1.82) is 0 Å². The van der Waals surface area contributed by atoms with Crippen molar-refractivity contribution in [2.75, 3.05) is 13.1 Å². The van der Waals surface area contributed by atoms with Gasteiger partial charge in [-0.2, -0.15) is 0 Å². The maximum Gasteiger partial charge on any atom is 0.402 e. The Kier molecular flexibility index (Phi) is 2.67. The van der Waals surface area contributed by atoms with Gasteiger partial charge in [0.1, 0.15) is 0 Å². The number of hydrogen-bond acceptors (Lipinski definition) is 3. The molecule has 2 rings (SSSR count). The largest absolute Gasteiger partial charge is 0.465 e. The fraction of sp³-hybridized carbons (Fsp3) is 0.833. The number of epoxide rings is 1. The van der Waals surface area contributed by atoms with Crippen LogP contribution in [0.4, 0.5) is 4.79 Å². The molecule has 11 heavy (non-hydrogen) atoms. The van der Waals surface area contributed by atoms with E-state index in [0.29, 0.717) is 12.2 Å². The number of rotatable bonds is 0. The second-order valence-corrected chi connectivity index (χ2v) is 2.54. The molecule has 2 aliphatic heterocycles. The van der Waals surface area contributed by atoms with E-state index in [0.717, 1.165) is 13.1 Å². The minimum atomic E-state index is -1.33. The lowest BCUT2D eigenvalue weighted by Gasteiger charge is -2.03. The van der Waals surface area contributed by atoms with Crippen LogP contribution in [-0.4, -0.2) is 36.5 Å². The van der Waals surface area contributed by atoms with E-state index in [1.165, 1.54) is 6.42 Å². The van der Waals surface area contributed by atoms with Crippen LogP contribution in [0.5, 0.6) is 0 Å². The van der Waals surface area contributed by atoms with Gasteiger partial charge in [-0.1, -0.05) is 0 Å². The van der Waals surface area contributed by atoms with Crippen molar-refractivity contribution in [3.05, 3.63) is 0 Å². The molecular formula is C6H12N2O3. The smallest absolute Gasteiger partial charge is 0.402 e. The minimum Gasteiger partial charge on any atom is -0.465 e. The first kappa shape index (κ1) is 8.29. The maximum atomic E-state index is 8.78. The van der Waals surface area contributed by atoms with Gasteiger partial charge >= 0.3 is 6.09 Å². The zero-order chi connectivity index (χ0) is 8.27. The first-order valence-electron chi connectivity index (χ1n) is 3.54. The third-order valence-electron chi connectivity index (χ3n) is 1.64. The molecule has 0 aromatic heterocycles. The molecule has 0 aliphatic carbocycles. The summed E-state index contributed by atoms with van der Waals surface area (Å²) < 4.78 is 5.22. The van der Waals surface area contributed by atoms with Crippen LogP contribution < -0.4 is 11.1 Å². The molecule has 4 N–H and O–H groups in total. The fourth-order valence-electron chi connectivity index (χ4n) is 1.10. The van der Waals surface area contributed by atoms with Crippen LogP contribution in [0.3, 0.4) is 0 Å². The first-order valence-corrected chi connectivity index (χ1v) is 3.54. The molecule has 64 valence electrons. The number of primary amides is 1. The molecule has 2 fully saturated rings. The Morgan fingerprint density at radius 3 is 2.64 bits per heavy atom. The summed E-state index contributed by atoms with van der Waals surface area (Å²) in [7, 11) is 0. The number of carboxylic acid groups (broad SMARTS) is 1. The fourth-order valence-corrected chi connectivity index (χ4v) is 1.10. The molecule has 0 aromatic rings. The van der Waals surface area contributed by atoms with E-state index in [1.54, 1.807) is 0 Å². The lowest BCUT2D eigenvalue weighted by molar-refractivity contribution is 0.205. The van der Waals surface area contributed by atoms with Crippen LogP contribution in [0.2, 0.25) is 0 Å². The van der Waals surface area contributed by atoms with Gasteiger partial charge in [0.05, 0.1) is 12.2 Å². The summed E-state index contributed by atoms with van der Waals surface area (Å²) in [5.74, 6) is 0. The van der Waals surface area contributed by atoms with Gasteiger partial charge in [-0.25, -0.2) is 4.79 Å². The minimum absolute atomic E-state index is 0.591. The molecule has 5 heteroatoms. The third-order valence-corrected chi connectivity index (χ3v) is 1.64. The highest BCUT2D eigenvalue weighted by molar-refractivity contribution is 5.61. The number of ether oxygens (including phenoxy) is 1. The predicted molar refractivity (Wildman–Crippen MR) is 38.4 cm³/mol. The van der Waals surface area contributed by atoms with Gasteiger partial charge in [0.25, 0.3) is 0 Å². The van der Waals surface area contributed by atoms with Crippen LogP contribution in [0.1, 0.15) is 6.42 Å². The summed E-state index contributed by atoms with van der Waals surface area (Å²) in [5, 5.41) is 10.4. The second-order valence-electron chi connectivity index (χ2n) is 2.54. The summed E-state index contributed by atoms with van der Waals surface area (Å²) in [6.07, 6.45) is 1.12. The SMILES string of the molecule is C1CC2OC2CN1.NC(=O)O. The van der Waals surface area contributed by atoms with Crippen molar-refractivity contribution >= 4 is 6.09 Å². The molecule has 2 atom stereocenters. The average molecular weight is 160 g/mol. The Hall–Kier alpha value is -0.810. The number of nitrogens with one attached hydrogen (secondary N) is 1. The Morgan fingerprint density at radius 1 is 1.64 bits per heavy atom. The van der Waals surface area contributed by atoms with Crippen LogP contribution in [0, 0.1) is 0 Å². The van der Waals surface area contributed by atoms with Crippen molar-refractivity contribution in [1.82, 2.24) is 5.32 Å². The van der Waals surface area contributed by atoms with E-state index in [-0.39, 0.29) is 0 Å². The van der Waals surface area contributed by atoms with E-state index in [4.69, 9.17) is 14.6 Å². The summed E-state index contributed by atoms with van der Waals surface area (Å²) >= 11 is 0. The topological polar surface area (TPSA) is 87.9 Å². The van der Waals surface area contributed by atoms with Crippen molar-refractivity contribution in [3.63, 3.8) is 0 Å². The second kappa shape index (κ2) is 3.54. The highest BCUT2D eigenvalue weighted by Crippen LogP contribution is 2.26. The van der Waals surface area contributed by atoms with Crippen molar-refractivity contribution in [3.8, 4) is 0 Å². The Bertz CT molecular complexity index is 137. The van der Waals surface area contributed by atoms with Crippen LogP contribution in [-0.2, 0) is 4.74 Å². The van der Waals surface area contributed by atoms with Crippen LogP contribution in [0.15, 0.2) is 0 Å². The molecule has 2 aliphatic rings. The molecule has 0 bridgehead atoms. The molecule has 1 amide bonds. The standard InChI is InChI=1S/C5H9NO.CH3NO2/c1-2-6-3-5-4(1)7-5;2-1(3)4/h4-6H,1-3H2;2H2,(H,3,4). The molecule has 5 nitrogen and oxygen atoms in total. The van der Waals surface area contributed by atoms with Crippen LogP contribution in [0.25, 0.3) is 0 Å². The van der Waals surface area contributed by atoms with Gasteiger partial charge in [0.15, 0.2) is 0 Å². The summed E-state index contributed by atoms with van der Waals surface area (Å²) in [5.41, 5.74) is 4.03. The Balaban J connectivity index is 0.000000134. The molecule has 2 saturated heterocycles. The first-order chi connectivity index (χ1) is 5.20. The summed E-state index contributed by atoms with van der Waals surface area (Å²) in [6.45, 7) is 2.24. The van der Waals surface area contributed by atoms with Gasteiger partial charge in [-0.05, 0) is 13.0 Å². The lowest BCUT2D eigenvalue weighted by Crippen LogP contribution is -2.28. The van der Waals surface area contributed by atoms with Gasteiger partial charge in [-0.15, -0.1) is 0 Å². The summed E-state index contributed by atoms with van der Waals surface area (Å²) in [6, 6.07) is 0. The molecule has 2 unspecified atom stereocenters. The van der Waals surface area contributed by atoms with Crippen molar-refractivity contribution in [2.24, 2.45) is 5.73 Å². The molecule has 2 heterocycles. The predicted octanol–water partition coefficient (Wildman–Crippen LogP) is -0.630. The van der Waals surface area contributed by atoms with Crippen molar-refractivity contribution < 1.29 is 14.6 Å². The monoisotopic (exact) mass is 160 g/mol. The average Bonchev–Trinajstić information content (AvgIpc) is 2.62. The zero-order valence-corrected chi connectivity index (χ0v) is 6.12. The number of hydrogen-bond donors (Lipinski definition) is 3. The third kappa shape index (κ3) is 3.20. The van der Waals surface area contributed by atoms with Crippen molar-refractivity contribution in [2.45, 2.75) is 18.6 Å². The number of carbonyl (C=O) groups is 1. The van der Waals surface area contributed by atoms with E-state index < -0.39 is 6.09 Å². The van der Waals surface area contributed by atoms with Gasteiger partial charge in [0, 0.05) is 6.54 Å². The molecule has 0 saturated carbocycles. The normalized spacial score (nSPS) is 32.7. The highest BCUT2D eigenvalue weighted by Gasteiger charge is 2.39. The quantitative estimate of drug-likeness (QED) is 0.412. The summed E-state index contributed by atoms with van der Waals surface area (Å²) in [4.78, 5) is 8.78. The van der Waals surface area contributed by atoms with E-state index in [9.17, 15) is 0 Å². The van der Waals surface area contributed by atoms with E-state index in [2.05, 4.69) is 11.1 Å². The van der Waals surface area contributed by atoms with Gasteiger partial charge in [0.2, 0.25) is 0 Å². The Morgan fingerprint density at radius 2 is 2.27 bits per heavy atom. The zero-order valence-electron chi connectivity index (χ0n) is 6.12. The lowest BCUT2D eigenvalue weighted by atomic mass is 10.2. The van der Waals surface area contributed by atoms with Gasteiger partial charge in [-0.3, -0.25) is 0 Å². The van der Waals surface area contributed by atoms with E-state index in [1.807, 2.05) is 0 Å². The van der Waals surface area contributed by atoms with Gasteiger partial charge < -0.3 is 20.9 Å². The number of piperidine rings is 1. The Labute approximate surface area is 64.5 Å². The molecule has 0 aromatic carbocycles. The highest BCUT2D eigenvalue weighted by atomic mass is 16.6. The molecule has 0 radical (unpaired) electrons. The van der Waals surface area contributed by atoms with Crippen LogP contribution >= 0.6 is 0 Å². The molecular weight excluding hydrogens is 148 g/mol. The molecule has 0 spiro atoms. The number of fused-ring (bicyclic) bond motifs is 1. The van der Waals surface area contributed by atoms with E-state index >= 15 is 0 Å². The number of nitrogens with two attached hydrogens (primary N) is 1. The maximum absolute atomic E-state index is 8.78.